The number of carbonyl (C=O) groups is 1. The van der Waals surface area contributed by atoms with E-state index in [1.807, 2.05) is 42.7 Å². The van der Waals surface area contributed by atoms with Crippen LogP contribution in [-0.4, -0.2) is 28.0 Å². The van der Waals surface area contributed by atoms with Crippen LogP contribution in [0.5, 0.6) is 0 Å². The van der Waals surface area contributed by atoms with Crippen molar-refractivity contribution in [2.75, 3.05) is 6.54 Å². The Kier molecular flexibility index (Phi) is 3.94. The van der Waals surface area contributed by atoms with E-state index in [4.69, 9.17) is 0 Å². The van der Waals surface area contributed by atoms with E-state index in [0.29, 0.717) is 6.04 Å². The summed E-state index contributed by atoms with van der Waals surface area (Å²) in [7, 11) is 0. The molecule has 0 spiro atoms. The minimum absolute atomic E-state index is 0.218. The fourth-order valence-corrected chi connectivity index (χ4v) is 4.35. The molecule has 1 aliphatic heterocycles. The van der Waals surface area contributed by atoms with Crippen LogP contribution in [0.1, 0.15) is 48.9 Å². The third-order valence-corrected chi connectivity index (χ3v) is 5.50. The van der Waals surface area contributed by atoms with Crippen LogP contribution in [0.25, 0.3) is 5.69 Å². The first kappa shape index (κ1) is 14.6. The van der Waals surface area contributed by atoms with Crippen LogP contribution < -0.4 is 0 Å². The summed E-state index contributed by atoms with van der Waals surface area (Å²) in [5.41, 5.74) is 1.88. The van der Waals surface area contributed by atoms with Crippen molar-refractivity contribution < 1.29 is 4.79 Å². The van der Waals surface area contributed by atoms with Crippen LogP contribution in [0.2, 0.25) is 0 Å². The molecule has 3 heteroatoms. The number of hydrogen-bond donors (Lipinski definition) is 0. The average molecular weight is 308 g/mol. The van der Waals surface area contributed by atoms with Crippen molar-refractivity contribution in [1.29, 1.82) is 0 Å². The molecule has 1 aromatic carbocycles. The lowest BCUT2D eigenvalue weighted by Gasteiger charge is -2.44. The monoisotopic (exact) mass is 308 g/mol. The number of nitrogens with zero attached hydrogens (tertiary/aromatic N) is 2. The van der Waals surface area contributed by atoms with Gasteiger partial charge in [-0.1, -0.05) is 18.9 Å². The Hall–Kier alpha value is -2.03. The van der Waals surface area contributed by atoms with Crippen LogP contribution in [-0.2, 0) is 0 Å². The fraction of sp³-hybridized carbons (Fsp3) is 0.450. The normalized spacial score (nSPS) is 24.3. The second-order valence-corrected chi connectivity index (χ2v) is 6.89. The highest BCUT2D eigenvalue weighted by Gasteiger charge is 2.35. The molecule has 23 heavy (non-hydrogen) atoms. The number of benzene rings is 1. The molecular weight excluding hydrogens is 284 g/mol. The Morgan fingerprint density at radius 2 is 1.74 bits per heavy atom. The van der Waals surface area contributed by atoms with Gasteiger partial charge in [0.2, 0.25) is 0 Å². The van der Waals surface area contributed by atoms with E-state index in [-0.39, 0.29) is 5.91 Å². The summed E-state index contributed by atoms with van der Waals surface area (Å²) in [6.45, 7) is 0.924. The minimum atomic E-state index is 0.218. The summed E-state index contributed by atoms with van der Waals surface area (Å²) in [6, 6.07) is 12.5. The molecule has 120 valence electrons. The summed E-state index contributed by atoms with van der Waals surface area (Å²) < 4.78 is 2.05. The third-order valence-electron chi connectivity index (χ3n) is 5.50. The summed E-state index contributed by atoms with van der Waals surface area (Å²) in [4.78, 5) is 15.3. The molecule has 1 amide bonds. The van der Waals surface area contributed by atoms with Gasteiger partial charge in [0.25, 0.3) is 5.91 Å². The topological polar surface area (TPSA) is 25.2 Å². The number of likely N-dealkylation sites (tertiary alicyclic amines) is 1. The standard InChI is InChI=1S/C20H24N2O/c23-20(22-14-6-9-16-7-1-2-11-19(16)22)17-8-5-10-18(15-17)21-12-3-4-13-21/h3-5,8,10,12-13,15-16,19H,1-2,6-7,9,11,14H2/t16-,19+/m0/s1. The summed E-state index contributed by atoms with van der Waals surface area (Å²) in [5.74, 6) is 0.949. The zero-order chi connectivity index (χ0) is 15.6. The zero-order valence-electron chi connectivity index (χ0n) is 13.5. The van der Waals surface area contributed by atoms with Gasteiger partial charge in [0.15, 0.2) is 0 Å². The first-order chi connectivity index (χ1) is 11.3. The maximum Gasteiger partial charge on any atom is 0.254 e. The summed E-state index contributed by atoms with van der Waals surface area (Å²) in [5, 5.41) is 0. The maximum atomic E-state index is 13.1. The Balaban J connectivity index is 1.60. The Morgan fingerprint density at radius 3 is 2.61 bits per heavy atom. The van der Waals surface area contributed by atoms with Gasteiger partial charge < -0.3 is 9.47 Å². The van der Waals surface area contributed by atoms with E-state index >= 15 is 0 Å². The Bertz CT molecular complexity index is 675. The smallest absolute Gasteiger partial charge is 0.254 e. The Labute approximate surface area is 137 Å². The molecule has 2 fully saturated rings. The lowest BCUT2D eigenvalue weighted by Crippen LogP contribution is -2.49. The molecule has 2 atom stereocenters. The van der Waals surface area contributed by atoms with Gasteiger partial charge in [-0.15, -0.1) is 0 Å². The SMILES string of the molecule is O=C(c1cccc(-n2cccc2)c1)N1CCC[C@@H]2CCCC[C@H]21. The number of hydrogen-bond acceptors (Lipinski definition) is 1. The molecule has 0 radical (unpaired) electrons. The van der Waals surface area contributed by atoms with E-state index in [2.05, 4.69) is 15.5 Å². The molecule has 1 saturated heterocycles. The molecular formula is C20H24N2O. The van der Waals surface area contributed by atoms with Crippen molar-refractivity contribution >= 4 is 5.91 Å². The van der Waals surface area contributed by atoms with Crippen molar-refractivity contribution in [3.05, 3.63) is 54.4 Å². The first-order valence-corrected chi connectivity index (χ1v) is 8.87. The van der Waals surface area contributed by atoms with Gasteiger partial charge in [-0.25, -0.2) is 0 Å². The van der Waals surface area contributed by atoms with Crippen molar-refractivity contribution in [1.82, 2.24) is 9.47 Å². The molecule has 3 nitrogen and oxygen atoms in total. The quantitative estimate of drug-likeness (QED) is 0.813. The van der Waals surface area contributed by atoms with Crippen molar-refractivity contribution in [3.8, 4) is 5.69 Å². The predicted molar refractivity (Wildman–Crippen MR) is 91.8 cm³/mol. The van der Waals surface area contributed by atoms with Gasteiger partial charge in [0.1, 0.15) is 0 Å². The van der Waals surface area contributed by atoms with Crippen LogP contribution in [0, 0.1) is 5.92 Å². The van der Waals surface area contributed by atoms with E-state index in [1.54, 1.807) is 0 Å². The number of piperidine rings is 1. The second-order valence-electron chi connectivity index (χ2n) is 6.89. The van der Waals surface area contributed by atoms with E-state index in [1.165, 1.54) is 32.1 Å². The van der Waals surface area contributed by atoms with Crippen LogP contribution in [0.4, 0.5) is 0 Å². The van der Waals surface area contributed by atoms with Gasteiger partial charge in [-0.2, -0.15) is 0 Å². The van der Waals surface area contributed by atoms with E-state index < -0.39 is 0 Å². The number of aromatic nitrogens is 1. The molecule has 4 rings (SSSR count). The van der Waals surface area contributed by atoms with Crippen molar-refractivity contribution in [2.45, 2.75) is 44.6 Å². The van der Waals surface area contributed by atoms with Gasteiger partial charge in [-0.3, -0.25) is 4.79 Å². The minimum Gasteiger partial charge on any atom is -0.335 e. The number of amides is 1. The number of fused-ring (bicyclic) bond motifs is 1. The average Bonchev–Trinajstić information content (AvgIpc) is 3.15. The molecule has 1 saturated carbocycles. The molecule has 2 aliphatic rings. The second kappa shape index (κ2) is 6.23. The number of carbonyl (C=O) groups excluding carboxylic acids is 1. The molecule has 2 heterocycles. The van der Waals surface area contributed by atoms with Crippen LogP contribution >= 0.6 is 0 Å². The molecule has 0 unspecified atom stereocenters. The zero-order valence-corrected chi connectivity index (χ0v) is 13.5. The van der Waals surface area contributed by atoms with Crippen molar-refractivity contribution in [2.24, 2.45) is 5.92 Å². The molecule has 2 aromatic rings. The lowest BCUT2D eigenvalue weighted by atomic mass is 9.78. The van der Waals surface area contributed by atoms with Gasteiger partial charge in [0, 0.05) is 36.2 Å². The third kappa shape index (κ3) is 2.80. The maximum absolute atomic E-state index is 13.1. The molecule has 1 aromatic heterocycles. The van der Waals surface area contributed by atoms with E-state index in [0.717, 1.165) is 30.1 Å². The highest BCUT2D eigenvalue weighted by atomic mass is 16.2. The number of rotatable bonds is 2. The Morgan fingerprint density at radius 1 is 0.957 bits per heavy atom. The first-order valence-electron chi connectivity index (χ1n) is 8.87. The molecule has 1 aliphatic carbocycles. The fourth-order valence-electron chi connectivity index (χ4n) is 4.35. The summed E-state index contributed by atoms with van der Waals surface area (Å²) >= 11 is 0. The van der Waals surface area contributed by atoms with Crippen LogP contribution in [0.15, 0.2) is 48.8 Å². The predicted octanol–water partition coefficient (Wildman–Crippen LogP) is 4.27. The van der Waals surface area contributed by atoms with E-state index in [9.17, 15) is 4.79 Å². The largest absolute Gasteiger partial charge is 0.335 e. The van der Waals surface area contributed by atoms with Crippen LogP contribution in [0.3, 0.4) is 0 Å². The van der Waals surface area contributed by atoms with Gasteiger partial charge in [0.05, 0.1) is 0 Å². The lowest BCUT2D eigenvalue weighted by molar-refractivity contribution is 0.0390. The van der Waals surface area contributed by atoms with Gasteiger partial charge in [-0.05, 0) is 61.9 Å². The molecule has 0 N–H and O–H groups in total. The summed E-state index contributed by atoms with van der Waals surface area (Å²) in [6.07, 6.45) is 11.6. The highest BCUT2D eigenvalue weighted by Crippen LogP contribution is 2.36. The highest BCUT2D eigenvalue weighted by molar-refractivity contribution is 5.95. The van der Waals surface area contributed by atoms with Crippen molar-refractivity contribution in [3.63, 3.8) is 0 Å². The molecule has 0 bridgehead atoms. The van der Waals surface area contributed by atoms with Gasteiger partial charge >= 0.3 is 0 Å².